The Balaban J connectivity index is 2.60. The molecule has 0 unspecified atom stereocenters. The summed E-state index contributed by atoms with van der Waals surface area (Å²) < 4.78 is 0. The number of hydrogen-bond acceptors (Lipinski definition) is 2. The number of aliphatic imine (C=N–C) groups is 1. The summed E-state index contributed by atoms with van der Waals surface area (Å²) in [6.45, 7) is 2.94. The Morgan fingerprint density at radius 2 is 2.36 bits per heavy atom. The van der Waals surface area contributed by atoms with E-state index < -0.39 is 0 Å². The highest BCUT2D eigenvalue weighted by Crippen LogP contribution is 2.29. The van der Waals surface area contributed by atoms with E-state index in [-0.39, 0.29) is 0 Å². The van der Waals surface area contributed by atoms with Crippen molar-refractivity contribution in [2.75, 3.05) is 11.9 Å². The Labute approximate surface area is 66.0 Å². The summed E-state index contributed by atoms with van der Waals surface area (Å²) in [5.74, 6) is 0. The first-order valence-electron chi connectivity index (χ1n) is 3.74. The minimum atomic E-state index is 0.845. The van der Waals surface area contributed by atoms with Crippen LogP contribution < -0.4 is 5.32 Å². The average molecular weight is 146 g/mol. The zero-order chi connectivity index (χ0) is 7.68. The van der Waals surface area contributed by atoms with E-state index in [1.165, 1.54) is 11.3 Å². The van der Waals surface area contributed by atoms with Crippen molar-refractivity contribution in [3.63, 3.8) is 0 Å². The van der Waals surface area contributed by atoms with Crippen LogP contribution in [0, 0.1) is 6.92 Å². The number of fused-ring (bicyclic) bond motifs is 1. The van der Waals surface area contributed by atoms with Crippen molar-refractivity contribution in [2.24, 2.45) is 4.99 Å². The quantitative estimate of drug-likeness (QED) is 0.595. The molecule has 2 heteroatoms. The van der Waals surface area contributed by atoms with Crippen molar-refractivity contribution < 1.29 is 0 Å². The molecule has 1 aromatic carbocycles. The topological polar surface area (TPSA) is 24.4 Å². The maximum absolute atomic E-state index is 4.27. The Kier molecular flexibility index (Phi) is 1.39. The van der Waals surface area contributed by atoms with Crippen LogP contribution in [0.5, 0.6) is 0 Å². The molecule has 0 spiro atoms. The van der Waals surface area contributed by atoms with Crippen molar-refractivity contribution in [1.29, 1.82) is 0 Å². The number of nitrogens with one attached hydrogen (secondary N) is 1. The highest BCUT2D eigenvalue weighted by molar-refractivity contribution is 5.81. The lowest BCUT2D eigenvalue weighted by Gasteiger charge is -2.13. The number of hydrogen-bond donors (Lipinski definition) is 1. The summed E-state index contributed by atoms with van der Waals surface area (Å²) >= 11 is 0. The largest absolute Gasteiger partial charge is 0.378 e. The zero-order valence-corrected chi connectivity index (χ0v) is 6.46. The number of anilines is 1. The molecule has 0 aromatic heterocycles. The third-order valence-corrected chi connectivity index (χ3v) is 1.85. The van der Waals surface area contributed by atoms with E-state index in [4.69, 9.17) is 0 Å². The monoisotopic (exact) mass is 146 g/mol. The van der Waals surface area contributed by atoms with E-state index in [0.29, 0.717) is 0 Å². The first kappa shape index (κ1) is 6.40. The zero-order valence-electron chi connectivity index (χ0n) is 6.46. The van der Waals surface area contributed by atoms with Crippen molar-refractivity contribution in [2.45, 2.75) is 6.92 Å². The molecular weight excluding hydrogens is 136 g/mol. The highest BCUT2D eigenvalue weighted by Gasteiger charge is 2.05. The molecule has 0 bridgehead atoms. The first-order valence-corrected chi connectivity index (χ1v) is 3.74. The second-order valence-electron chi connectivity index (χ2n) is 2.66. The Bertz CT molecular complexity index is 302. The Morgan fingerprint density at radius 1 is 1.45 bits per heavy atom. The lowest BCUT2D eigenvalue weighted by molar-refractivity contribution is 1.29. The number of rotatable bonds is 0. The summed E-state index contributed by atoms with van der Waals surface area (Å²) in [6.07, 6.45) is 1.89. The fourth-order valence-electron chi connectivity index (χ4n) is 1.28. The van der Waals surface area contributed by atoms with Gasteiger partial charge in [0.25, 0.3) is 0 Å². The molecule has 0 saturated heterocycles. The van der Waals surface area contributed by atoms with Gasteiger partial charge >= 0.3 is 0 Å². The van der Waals surface area contributed by atoms with Gasteiger partial charge in [-0.05, 0) is 18.6 Å². The van der Waals surface area contributed by atoms with Crippen LogP contribution in [0.4, 0.5) is 11.4 Å². The summed E-state index contributed by atoms with van der Waals surface area (Å²) in [5, 5.41) is 3.28. The van der Waals surface area contributed by atoms with Crippen LogP contribution in [-0.2, 0) is 0 Å². The van der Waals surface area contributed by atoms with Gasteiger partial charge in [-0.15, -0.1) is 0 Å². The van der Waals surface area contributed by atoms with Gasteiger partial charge in [-0.1, -0.05) is 12.1 Å². The third kappa shape index (κ3) is 1.00. The highest BCUT2D eigenvalue weighted by atomic mass is 15.0. The molecule has 1 aliphatic rings. The first-order chi connectivity index (χ1) is 5.38. The maximum Gasteiger partial charge on any atom is 0.0860 e. The minimum Gasteiger partial charge on any atom is -0.378 e. The van der Waals surface area contributed by atoms with E-state index in [0.717, 1.165) is 12.2 Å². The molecule has 1 aliphatic heterocycles. The summed E-state index contributed by atoms with van der Waals surface area (Å²) in [4.78, 5) is 4.27. The predicted molar refractivity (Wildman–Crippen MR) is 47.8 cm³/mol. The van der Waals surface area contributed by atoms with Crippen molar-refractivity contribution >= 4 is 17.6 Å². The number of benzene rings is 1. The van der Waals surface area contributed by atoms with Crippen LogP contribution in [0.15, 0.2) is 23.2 Å². The third-order valence-electron chi connectivity index (χ3n) is 1.85. The number of aryl methyl sites for hydroxylation is 1. The summed E-state index contributed by atoms with van der Waals surface area (Å²) in [7, 11) is 0. The van der Waals surface area contributed by atoms with E-state index in [2.05, 4.69) is 23.3 Å². The molecule has 11 heavy (non-hydrogen) atoms. The van der Waals surface area contributed by atoms with Gasteiger partial charge in [-0.3, -0.25) is 4.99 Å². The standard InChI is InChI=1S/C9H10N2/c1-7-3-2-4-8-9(7)11-6-5-10-8/h2-5,11H,6H2,1H3. The second-order valence-corrected chi connectivity index (χ2v) is 2.66. The fraction of sp³-hybridized carbons (Fsp3) is 0.222. The van der Waals surface area contributed by atoms with Crippen molar-refractivity contribution in [3.8, 4) is 0 Å². The molecule has 2 rings (SSSR count). The number of nitrogens with zero attached hydrogens (tertiary/aromatic N) is 1. The van der Waals surface area contributed by atoms with E-state index in [1.807, 2.05) is 18.3 Å². The lowest BCUT2D eigenvalue weighted by Crippen LogP contribution is -2.07. The SMILES string of the molecule is Cc1cccc2c1NCC=N2. The predicted octanol–water partition coefficient (Wildman–Crippen LogP) is 2.12. The van der Waals surface area contributed by atoms with Crippen LogP contribution in [0.3, 0.4) is 0 Å². The summed E-state index contributed by atoms with van der Waals surface area (Å²) in [5.41, 5.74) is 3.49. The molecule has 0 fully saturated rings. The molecule has 1 aromatic rings. The van der Waals surface area contributed by atoms with Crippen LogP contribution in [0.25, 0.3) is 0 Å². The molecule has 56 valence electrons. The molecule has 1 N–H and O–H groups in total. The molecule has 2 nitrogen and oxygen atoms in total. The minimum absolute atomic E-state index is 0.845. The van der Waals surface area contributed by atoms with Crippen LogP contribution in [0.1, 0.15) is 5.56 Å². The van der Waals surface area contributed by atoms with Gasteiger partial charge < -0.3 is 5.32 Å². The molecule has 0 atom stereocenters. The normalized spacial score (nSPS) is 13.9. The van der Waals surface area contributed by atoms with Gasteiger partial charge in [-0.2, -0.15) is 0 Å². The van der Waals surface area contributed by atoms with E-state index in [1.54, 1.807) is 0 Å². The van der Waals surface area contributed by atoms with E-state index in [9.17, 15) is 0 Å². The van der Waals surface area contributed by atoms with Crippen molar-refractivity contribution in [1.82, 2.24) is 0 Å². The fourth-order valence-corrected chi connectivity index (χ4v) is 1.28. The van der Waals surface area contributed by atoms with E-state index >= 15 is 0 Å². The van der Waals surface area contributed by atoms with Gasteiger partial charge in [0.15, 0.2) is 0 Å². The molecule has 1 heterocycles. The molecule has 0 radical (unpaired) electrons. The van der Waals surface area contributed by atoms with Crippen LogP contribution in [-0.4, -0.2) is 12.8 Å². The molecule has 0 saturated carbocycles. The molecular formula is C9H10N2. The van der Waals surface area contributed by atoms with Gasteiger partial charge in [0.1, 0.15) is 0 Å². The van der Waals surface area contributed by atoms with Crippen LogP contribution in [0.2, 0.25) is 0 Å². The van der Waals surface area contributed by atoms with Gasteiger partial charge in [0.05, 0.1) is 17.9 Å². The number of para-hydroxylation sites is 1. The molecule has 0 amide bonds. The smallest absolute Gasteiger partial charge is 0.0860 e. The Morgan fingerprint density at radius 3 is 3.18 bits per heavy atom. The molecule has 0 aliphatic carbocycles. The van der Waals surface area contributed by atoms with Crippen LogP contribution >= 0.6 is 0 Å². The van der Waals surface area contributed by atoms with Gasteiger partial charge in [0, 0.05) is 6.21 Å². The summed E-state index contributed by atoms with van der Waals surface area (Å²) in [6, 6.07) is 6.14. The average Bonchev–Trinajstić information content (AvgIpc) is 2.06. The van der Waals surface area contributed by atoms with Crippen molar-refractivity contribution in [3.05, 3.63) is 23.8 Å². The Hall–Kier alpha value is -1.31. The second kappa shape index (κ2) is 2.38. The maximum atomic E-state index is 4.27. The lowest BCUT2D eigenvalue weighted by atomic mass is 10.1. The van der Waals surface area contributed by atoms with Gasteiger partial charge in [-0.25, -0.2) is 0 Å². The van der Waals surface area contributed by atoms with Gasteiger partial charge in [0.2, 0.25) is 0 Å².